The van der Waals surface area contributed by atoms with Crippen LogP contribution in [0.3, 0.4) is 0 Å². The molecule has 20 heavy (non-hydrogen) atoms. The molecular weight excluding hydrogens is 264 g/mol. The van der Waals surface area contributed by atoms with Crippen molar-refractivity contribution in [3.8, 4) is 0 Å². The first kappa shape index (κ1) is 16.3. The van der Waals surface area contributed by atoms with Crippen LogP contribution in [-0.2, 0) is 14.3 Å². The molecule has 1 heterocycles. The molecule has 1 aliphatic rings. The Morgan fingerprint density at radius 2 is 2.05 bits per heavy atom. The van der Waals surface area contributed by atoms with E-state index in [1.54, 1.807) is 4.90 Å². The molecule has 0 bridgehead atoms. The van der Waals surface area contributed by atoms with Gasteiger partial charge in [-0.15, -0.1) is 0 Å². The van der Waals surface area contributed by atoms with Crippen LogP contribution in [0.4, 0.5) is 4.79 Å². The number of carboxylic acid groups (broad SMARTS) is 1. The first-order valence-corrected chi connectivity index (χ1v) is 6.72. The molecule has 0 spiro atoms. The van der Waals surface area contributed by atoms with Gasteiger partial charge in [0.25, 0.3) is 0 Å². The predicted molar refractivity (Wildman–Crippen MR) is 71.2 cm³/mol. The number of carbonyl (C=O) groups is 3. The molecule has 1 fully saturated rings. The topological polar surface area (TPSA) is 87.2 Å². The van der Waals surface area contributed by atoms with E-state index < -0.39 is 5.97 Å². The van der Waals surface area contributed by atoms with Gasteiger partial charge in [-0.05, 0) is 20.3 Å². The Morgan fingerprint density at radius 1 is 1.40 bits per heavy atom. The molecular formula is C13H22N2O5. The number of methoxy groups -OCH3 is 1. The van der Waals surface area contributed by atoms with Crippen LogP contribution in [0, 0.1) is 5.92 Å². The Morgan fingerprint density at radius 3 is 2.55 bits per heavy atom. The highest BCUT2D eigenvalue weighted by molar-refractivity contribution is 5.79. The second kappa shape index (κ2) is 7.12. The minimum atomic E-state index is -0.933. The molecule has 0 aromatic carbocycles. The number of carboxylic acids is 1. The van der Waals surface area contributed by atoms with E-state index in [9.17, 15) is 14.4 Å². The normalized spacial score (nSPS) is 18.2. The van der Waals surface area contributed by atoms with E-state index in [4.69, 9.17) is 5.11 Å². The number of hydrogen-bond donors (Lipinski definition) is 1. The number of esters is 1. The molecule has 7 nitrogen and oxygen atoms in total. The fourth-order valence-electron chi connectivity index (χ4n) is 2.27. The molecule has 1 unspecified atom stereocenters. The fourth-order valence-corrected chi connectivity index (χ4v) is 2.27. The molecule has 0 aromatic heterocycles. The molecule has 2 amide bonds. The molecule has 114 valence electrons. The van der Waals surface area contributed by atoms with Crippen molar-refractivity contribution in [3.05, 3.63) is 0 Å². The lowest BCUT2D eigenvalue weighted by atomic mass is 10.1. The highest BCUT2D eigenvalue weighted by Gasteiger charge is 2.34. The van der Waals surface area contributed by atoms with Gasteiger partial charge in [0.05, 0.1) is 19.4 Å². The number of amides is 2. The smallest absolute Gasteiger partial charge is 0.320 e. The van der Waals surface area contributed by atoms with Crippen molar-refractivity contribution in [1.29, 1.82) is 0 Å². The van der Waals surface area contributed by atoms with Crippen LogP contribution >= 0.6 is 0 Å². The minimum Gasteiger partial charge on any atom is -0.481 e. The monoisotopic (exact) mass is 286 g/mol. The van der Waals surface area contributed by atoms with E-state index in [2.05, 4.69) is 4.74 Å². The maximum absolute atomic E-state index is 12.4. The number of nitrogens with zero attached hydrogens (tertiary/aromatic N) is 2. The van der Waals surface area contributed by atoms with Crippen molar-refractivity contribution in [3.63, 3.8) is 0 Å². The summed E-state index contributed by atoms with van der Waals surface area (Å²) in [4.78, 5) is 37.6. The predicted octanol–water partition coefficient (Wildman–Crippen LogP) is 0.786. The molecule has 0 aromatic rings. The zero-order valence-corrected chi connectivity index (χ0v) is 12.2. The number of likely N-dealkylation sites (tertiary alicyclic amines) is 1. The Labute approximate surface area is 118 Å². The van der Waals surface area contributed by atoms with E-state index in [0.29, 0.717) is 19.5 Å². The SMILES string of the molecule is COC(=O)C1CCN(C(=O)N(CCC(=O)O)C(C)C)C1. The third-order valence-electron chi connectivity index (χ3n) is 3.43. The Bertz CT molecular complexity index is 383. The fraction of sp³-hybridized carbons (Fsp3) is 0.769. The highest BCUT2D eigenvalue weighted by Crippen LogP contribution is 2.19. The van der Waals surface area contributed by atoms with E-state index in [0.717, 1.165) is 0 Å². The van der Waals surface area contributed by atoms with E-state index in [1.165, 1.54) is 12.0 Å². The van der Waals surface area contributed by atoms with Crippen LogP contribution in [0.5, 0.6) is 0 Å². The summed E-state index contributed by atoms with van der Waals surface area (Å²) in [6, 6.07) is -0.299. The van der Waals surface area contributed by atoms with Gasteiger partial charge >= 0.3 is 18.0 Å². The lowest BCUT2D eigenvalue weighted by molar-refractivity contribution is -0.144. The Hall–Kier alpha value is -1.79. The van der Waals surface area contributed by atoms with Gasteiger partial charge in [0, 0.05) is 25.7 Å². The summed E-state index contributed by atoms with van der Waals surface area (Å²) in [5.74, 6) is -1.52. The van der Waals surface area contributed by atoms with Crippen LogP contribution in [0.1, 0.15) is 26.7 Å². The van der Waals surface area contributed by atoms with Crippen LogP contribution in [0.2, 0.25) is 0 Å². The lowest BCUT2D eigenvalue weighted by Crippen LogP contribution is -2.46. The number of carbonyl (C=O) groups excluding carboxylic acids is 2. The van der Waals surface area contributed by atoms with Crippen molar-refractivity contribution in [1.82, 2.24) is 9.80 Å². The molecule has 0 saturated carbocycles. The molecule has 1 saturated heterocycles. The largest absolute Gasteiger partial charge is 0.481 e. The molecule has 1 atom stereocenters. The summed E-state index contributed by atoms with van der Waals surface area (Å²) in [6.45, 7) is 4.68. The van der Waals surface area contributed by atoms with Crippen LogP contribution in [-0.4, -0.2) is 65.7 Å². The van der Waals surface area contributed by atoms with Crippen molar-refractivity contribution < 1.29 is 24.2 Å². The lowest BCUT2D eigenvalue weighted by Gasteiger charge is -2.30. The second-order valence-corrected chi connectivity index (χ2v) is 5.17. The third-order valence-corrected chi connectivity index (χ3v) is 3.43. The van der Waals surface area contributed by atoms with Gasteiger partial charge in [0.1, 0.15) is 0 Å². The molecule has 1 aliphatic heterocycles. The van der Waals surface area contributed by atoms with Crippen molar-refractivity contribution in [2.45, 2.75) is 32.7 Å². The van der Waals surface area contributed by atoms with Crippen LogP contribution < -0.4 is 0 Å². The summed E-state index contributed by atoms with van der Waals surface area (Å²) in [5, 5.41) is 8.73. The zero-order chi connectivity index (χ0) is 15.3. The average Bonchev–Trinajstić information content (AvgIpc) is 2.86. The van der Waals surface area contributed by atoms with Crippen LogP contribution in [0.15, 0.2) is 0 Å². The van der Waals surface area contributed by atoms with Gasteiger partial charge in [-0.3, -0.25) is 9.59 Å². The van der Waals surface area contributed by atoms with Gasteiger partial charge in [0.2, 0.25) is 0 Å². The van der Waals surface area contributed by atoms with Gasteiger partial charge in [-0.2, -0.15) is 0 Å². The summed E-state index contributed by atoms with van der Waals surface area (Å²) < 4.78 is 4.68. The number of urea groups is 1. The van der Waals surface area contributed by atoms with Gasteiger partial charge in [0.15, 0.2) is 0 Å². The summed E-state index contributed by atoms with van der Waals surface area (Å²) in [7, 11) is 1.33. The first-order chi connectivity index (χ1) is 9.36. The molecule has 1 rings (SSSR count). The number of aliphatic carboxylic acids is 1. The third kappa shape index (κ3) is 4.11. The quantitative estimate of drug-likeness (QED) is 0.755. The Kier molecular flexibility index (Phi) is 5.79. The van der Waals surface area contributed by atoms with E-state index in [1.807, 2.05) is 13.8 Å². The van der Waals surface area contributed by atoms with Crippen molar-refractivity contribution >= 4 is 18.0 Å². The maximum atomic E-state index is 12.4. The minimum absolute atomic E-state index is 0.0842. The number of rotatable bonds is 5. The molecule has 0 aliphatic carbocycles. The maximum Gasteiger partial charge on any atom is 0.320 e. The van der Waals surface area contributed by atoms with Crippen molar-refractivity contribution in [2.75, 3.05) is 26.7 Å². The van der Waals surface area contributed by atoms with Gasteiger partial charge in [-0.1, -0.05) is 0 Å². The standard InChI is InChI=1S/C13H22N2O5/c1-9(2)15(7-5-11(16)17)13(19)14-6-4-10(8-14)12(18)20-3/h9-10H,4-8H2,1-3H3,(H,16,17). The highest BCUT2D eigenvalue weighted by atomic mass is 16.5. The van der Waals surface area contributed by atoms with Gasteiger partial charge in [-0.25, -0.2) is 4.79 Å². The van der Waals surface area contributed by atoms with Crippen LogP contribution in [0.25, 0.3) is 0 Å². The summed E-state index contributed by atoms with van der Waals surface area (Å²) >= 11 is 0. The average molecular weight is 286 g/mol. The van der Waals surface area contributed by atoms with Gasteiger partial charge < -0.3 is 19.6 Å². The summed E-state index contributed by atoms with van der Waals surface area (Å²) in [5.41, 5.74) is 0. The summed E-state index contributed by atoms with van der Waals surface area (Å²) in [6.07, 6.45) is 0.501. The molecule has 7 heteroatoms. The van der Waals surface area contributed by atoms with Crippen molar-refractivity contribution in [2.24, 2.45) is 5.92 Å². The number of ether oxygens (including phenoxy) is 1. The van der Waals surface area contributed by atoms with E-state index >= 15 is 0 Å². The second-order valence-electron chi connectivity index (χ2n) is 5.17. The molecule has 1 N–H and O–H groups in total. The van der Waals surface area contributed by atoms with E-state index in [-0.39, 0.29) is 36.9 Å². The Balaban J connectivity index is 2.62. The number of hydrogen-bond acceptors (Lipinski definition) is 4. The first-order valence-electron chi connectivity index (χ1n) is 6.72. The molecule has 0 radical (unpaired) electrons. The zero-order valence-electron chi connectivity index (χ0n) is 12.2.